The molecule has 1 saturated heterocycles. The third kappa shape index (κ3) is 3.50. The number of hydrogen-bond donors (Lipinski definition) is 1. The first-order valence-corrected chi connectivity index (χ1v) is 11.5. The van der Waals surface area contributed by atoms with E-state index in [4.69, 9.17) is 9.72 Å². The van der Waals surface area contributed by atoms with Crippen molar-refractivity contribution in [1.82, 2.24) is 34.9 Å². The largest absolute Gasteiger partial charge is 0.453 e. The minimum atomic E-state index is -0.338. The Kier molecular flexibility index (Phi) is 4.97. The fourth-order valence-corrected chi connectivity index (χ4v) is 4.99. The van der Waals surface area contributed by atoms with Gasteiger partial charge in [-0.05, 0) is 31.0 Å². The van der Waals surface area contributed by atoms with Crippen LogP contribution in [0.25, 0.3) is 33.3 Å². The van der Waals surface area contributed by atoms with Crippen LogP contribution >= 0.6 is 0 Å². The lowest BCUT2D eigenvalue weighted by Crippen LogP contribution is -2.54. The Bertz CT molecular complexity index is 1460. The summed E-state index contributed by atoms with van der Waals surface area (Å²) in [5.74, 6) is 0. The number of H-pyrrole nitrogens is 1. The number of fused-ring (bicyclic) bond motifs is 4. The normalized spacial score (nSPS) is 16.7. The van der Waals surface area contributed by atoms with Crippen molar-refractivity contribution in [2.24, 2.45) is 0 Å². The van der Waals surface area contributed by atoms with Crippen LogP contribution in [0.4, 0.5) is 15.3 Å². The van der Waals surface area contributed by atoms with Gasteiger partial charge in [0.25, 0.3) is 0 Å². The van der Waals surface area contributed by atoms with Crippen molar-refractivity contribution in [2.45, 2.75) is 25.4 Å². The smallest absolute Gasteiger partial charge is 0.409 e. The van der Waals surface area contributed by atoms with Gasteiger partial charge in [0.05, 0.1) is 36.7 Å². The number of methoxy groups -OCH3 is 1. The third-order valence-corrected chi connectivity index (χ3v) is 6.79. The highest BCUT2D eigenvalue weighted by atomic mass is 16.5. The number of aromatic amines is 1. The second-order valence-corrected chi connectivity index (χ2v) is 8.92. The molecule has 35 heavy (non-hydrogen) atoms. The summed E-state index contributed by atoms with van der Waals surface area (Å²) < 4.78 is 4.87. The van der Waals surface area contributed by atoms with Crippen molar-refractivity contribution < 1.29 is 14.3 Å². The lowest BCUT2D eigenvalue weighted by Gasteiger charge is -2.43. The van der Waals surface area contributed by atoms with E-state index >= 15 is 0 Å². The summed E-state index contributed by atoms with van der Waals surface area (Å²) in [6.07, 6.45) is 6.29. The number of carbonyl (C=O) groups excluding carboxylic acids is 2. The highest BCUT2D eigenvalue weighted by Gasteiger charge is 2.38. The van der Waals surface area contributed by atoms with Gasteiger partial charge in [-0.2, -0.15) is 5.10 Å². The molecule has 3 amide bonds. The van der Waals surface area contributed by atoms with Crippen LogP contribution in [0, 0.1) is 0 Å². The summed E-state index contributed by atoms with van der Waals surface area (Å²) >= 11 is 0. The van der Waals surface area contributed by atoms with E-state index in [-0.39, 0.29) is 18.2 Å². The van der Waals surface area contributed by atoms with Gasteiger partial charge in [-0.15, -0.1) is 0 Å². The van der Waals surface area contributed by atoms with Crippen LogP contribution in [-0.2, 0) is 11.3 Å². The predicted octanol–water partition coefficient (Wildman–Crippen LogP) is 3.17. The van der Waals surface area contributed by atoms with Crippen LogP contribution in [0.2, 0.25) is 0 Å². The number of aromatic nitrogens is 5. The summed E-state index contributed by atoms with van der Waals surface area (Å²) in [6.45, 7) is 1.51. The summed E-state index contributed by atoms with van der Waals surface area (Å²) in [6, 6.07) is 5.70. The molecule has 0 aromatic carbocycles. The van der Waals surface area contributed by atoms with Crippen molar-refractivity contribution in [3.05, 3.63) is 42.4 Å². The van der Waals surface area contributed by atoms with Crippen molar-refractivity contribution in [1.29, 1.82) is 0 Å². The second-order valence-electron chi connectivity index (χ2n) is 8.92. The van der Waals surface area contributed by atoms with Crippen LogP contribution in [0.3, 0.4) is 0 Å². The van der Waals surface area contributed by atoms with E-state index < -0.39 is 0 Å². The number of nitrogens with one attached hydrogen (secondary N) is 1. The average Bonchev–Trinajstić information content (AvgIpc) is 3.37. The Morgan fingerprint density at radius 2 is 1.97 bits per heavy atom. The van der Waals surface area contributed by atoms with E-state index in [9.17, 15) is 9.59 Å². The highest BCUT2D eigenvalue weighted by Crippen LogP contribution is 2.38. The van der Waals surface area contributed by atoms with E-state index in [0.29, 0.717) is 43.6 Å². The highest BCUT2D eigenvalue weighted by molar-refractivity contribution is 6.04. The number of hydrogen-bond acceptors (Lipinski definition) is 7. The zero-order chi connectivity index (χ0) is 24.1. The number of piperidine rings is 1. The van der Waals surface area contributed by atoms with Gasteiger partial charge in [-0.3, -0.25) is 15.0 Å². The van der Waals surface area contributed by atoms with Gasteiger partial charge < -0.3 is 14.5 Å². The molecular formula is C24H24N8O3. The van der Waals surface area contributed by atoms with Gasteiger partial charge in [0.1, 0.15) is 5.52 Å². The standard InChI is InChI=1S/C24H24N8O3/c1-30-13-16-11-25-19-4-3-18(14-9-15-12-27-29-22(15)26-10-14)28-20(19)21(16)32(23(30)33)17-5-7-31(8-6-17)24(34)35-2/h3-4,9-12,17H,5-8,13H2,1-2H3,(H,26,27,29). The monoisotopic (exact) mass is 472 g/mol. The predicted molar refractivity (Wildman–Crippen MR) is 129 cm³/mol. The first-order chi connectivity index (χ1) is 17.0. The number of pyridine rings is 3. The summed E-state index contributed by atoms with van der Waals surface area (Å²) in [5.41, 5.74) is 5.47. The number of urea groups is 1. The summed E-state index contributed by atoms with van der Waals surface area (Å²) in [7, 11) is 3.18. The molecule has 0 aliphatic carbocycles. The molecule has 11 nitrogen and oxygen atoms in total. The minimum absolute atomic E-state index is 0.0649. The van der Waals surface area contributed by atoms with Crippen molar-refractivity contribution in [2.75, 3.05) is 32.1 Å². The van der Waals surface area contributed by atoms with Crippen molar-refractivity contribution in [3.63, 3.8) is 0 Å². The molecule has 11 heteroatoms. The second kappa shape index (κ2) is 8.19. The Hall–Kier alpha value is -4.28. The van der Waals surface area contributed by atoms with Gasteiger partial charge in [0.2, 0.25) is 0 Å². The van der Waals surface area contributed by atoms with E-state index in [2.05, 4.69) is 20.2 Å². The molecule has 6 rings (SSSR count). The number of likely N-dealkylation sites (tertiary alicyclic amines) is 1. The zero-order valence-corrected chi connectivity index (χ0v) is 19.4. The van der Waals surface area contributed by atoms with Gasteiger partial charge in [0, 0.05) is 55.1 Å². The van der Waals surface area contributed by atoms with Crippen LogP contribution in [0.5, 0.6) is 0 Å². The third-order valence-electron chi connectivity index (χ3n) is 6.79. The molecule has 4 aromatic rings. The summed E-state index contributed by atoms with van der Waals surface area (Å²) in [4.78, 5) is 44.7. The summed E-state index contributed by atoms with van der Waals surface area (Å²) in [5, 5.41) is 7.80. The van der Waals surface area contributed by atoms with Gasteiger partial charge >= 0.3 is 12.1 Å². The molecule has 1 fully saturated rings. The molecule has 178 valence electrons. The van der Waals surface area contributed by atoms with Crippen LogP contribution in [-0.4, -0.2) is 80.4 Å². The Morgan fingerprint density at radius 1 is 1.14 bits per heavy atom. The lowest BCUT2D eigenvalue weighted by atomic mass is 9.99. The zero-order valence-electron chi connectivity index (χ0n) is 19.4. The van der Waals surface area contributed by atoms with Gasteiger partial charge in [0.15, 0.2) is 5.65 Å². The van der Waals surface area contributed by atoms with E-state index in [0.717, 1.165) is 33.4 Å². The van der Waals surface area contributed by atoms with E-state index in [1.54, 1.807) is 29.2 Å². The van der Waals surface area contributed by atoms with Crippen LogP contribution < -0.4 is 4.90 Å². The molecule has 1 N–H and O–H groups in total. The number of carbonyl (C=O) groups is 2. The maximum Gasteiger partial charge on any atom is 0.409 e. The van der Waals surface area contributed by atoms with Gasteiger partial charge in [-0.1, -0.05) is 0 Å². The quantitative estimate of drug-likeness (QED) is 0.476. The lowest BCUT2D eigenvalue weighted by molar-refractivity contribution is 0.111. The maximum absolute atomic E-state index is 13.5. The number of nitrogens with zero attached hydrogens (tertiary/aromatic N) is 7. The molecule has 0 radical (unpaired) electrons. The first kappa shape index (κ1) is 21.3. The Labute approximate surface area is 200 Å². The molecule has 0 atom stereocenters. The van der Waals surface area contributed by atoms with E-state index in [1.807, 2.05) is 29.3 Å². The molecule has 0 saturated carbocycles. The fraction of sp³-hybridized carbons (Fsp3) is 0.333. The SMILES string of the molecule is COC(=O)N1CCC(N2C(=O)N(C)Cc3cnc4ccc(-c5cnc6[nH]ncc6c5)nc4c32)CC1. The Morgan fingerprint density at radius 3 is 2.77 bits per heavy atom. The molecule has 6 heterocycles. The molecule has 2 aliphatic heterocycles. The molecule has 2 aliphatic rings. The molecular weight excluding hydrogens is 448 g/mol. The molecule has 0 unspecified atom stereocenters. The van der Waals surface area contributed by atoms with Crippen molar-refractivity contribution >= 4 is 39.9 Å². The van der Waals surface area contributed by atoms with Crippen LogP contribution in [0.1, 0.15) is 18.4 Å². The topological polar surface area (TPSA) is 120 Å². The van der Waals surface area contributed by atoms with Crippen LogP contribution in [0.15, 0.2) is 36.8 Å². The first-order valence-electron chi connectivity index (χ1n) is 11.5. The molecule has 0 bridgehead atoms. The molecule has 0 spiro atoms. The number of ether oxygens (including phenoxy) is 1. The van der Waals surface area contributed by atoms with Gasteiger partial charge in [-0.25, -0.2) is 19.6 Å². The average molecular weight is 473 g/mol. The number of amides is 3. The van der Waals surface area contributed by atoms with E-state index in [1.165, 1.54) is 7.11 Å². The molecule has 4 aromatic heterocycles. The Balaban J connectivity index is 1.44. The maximum atomic E-state index is 13.5. The minimum Gasteiger partial charge on any atom is -0.453 e. The fourth-order valence-electron chi connectivity index (χ4n) is 4.99. The number of anilines is 1. The van der Waals surface area contributed by atoms with Crippen molar-refractivity contribution in [3.8, 4) is 11.3 Å². The number of rotatable bonds is 2.